The highest BCUT2D eigenvalue weighted by Crippen LogP contribution is 2.31. The minimum Gasteiger partial charge on any atom is -0.493 e. The van der Waals surface area contributed by atoms with Gasteiger partial charge in [-0.3, -0.25) is 0 Å². The first-order valence-electron chi connectivity index (χ1n) is 6.98. The van der Waals surface area contributed by atoms with Crippen LogP contribution in [0.4, 0.5) is 0 Å². The number of para-hydroxylation sites is 1. The predicted molar refractivity (Wildman–Crippen MR) is 86.2 cm³/mol. The average molecular weight is 306 g/mol. The maximum absolute atomic E-state index is 5.99. The Morgan fingerprint density at radius 3 is 2.67 bits per heavy atom. The largest absolute Gasteiger partial charge is 0.493 e. The SMILES string of the molecule is CCNCc1cccc(OC)c1OCc1cccc(Cl)c1. The summed E-state index contributed by atoms with van der Waals surface area (Å²) in [6.07, 6.45) is 0. The standard InChI is InChI=1S/C17H20ClNO2/c1-3-19-11-14-7-5-9-16(20-2)17(14)21-12-13-6-4-8-15(18)10-13/h4-10,19H,3,11-12H2,1-2H3. The number of ether oxygens (including phenoxy) is 2. The van der Waals surface area contributed by atoms with Crippen molar-refractivity contribution >= 4 is 11.6 Å². The molecular formula is C17H20ClNO2. The molecule has 1 N–H and O–H groups in total. The first-order chi connectivity index (χ1) is 10.2. The number of hydrogen-bond acceptors (Lipinski definition) is 3. The normalized spacial score (nSPS) is 10.4. The number of halogens is 1. The molecule has 3 nitrogen and oxygen atoms in total. The van der Waals surface area contributed by atoms with E-state index in [1.807, 2.05) is 42.5 Å². The topological polar surface area (TPSA) is 30.5 Å². The quantitative estimate of drug-likeness (QED) is 0.837. The van der Waals surface area contributed by atoms with Gasteiger partial charge < -0.3 is 14.8 Å². The third-order valence-electron chi connectivity index (χ3n) is 3.12. The minimum absolute atomic E-state index is 0.458. The minimum atomic E-state index is 0.458. The lowest BCUT2D eigenvalue weighted by Gasteiger charge is -2.15. The van der Waals surface area contributed by atoms with Gasteiger partial charge in [0.25, 0.3) is 0 Å². The zero-order valence-corrected chi connectivity index (χ0v) is 13.1. The molecule has 2 aromatic rings. The Balaban J connectivity index is 2.16. The molecule has 0 unspecified atom stereocenters. The third-order valence-corrected chi connectivity index (χ3v) is 3.35. The second kappa shape index (κ2) is 7.91. The molecule has 0 saturated carbocycles. The van der Waals surface area contributed by atoms with Crippen LogP contribution in [0.5, 0.6) is 11.5 Å². The van der Waals surface area contributed by atoms with Gasteiger partial charge >= 0.3 is 0 Å². The van der Waals surface area contributed by atoms with Gasteiger partial charge in [-0.25, -0.2) is 0 Å². The van der Waals surface area contributed by atoms with E-state index >= 15 is 0 Å². The van der Waals surface area contributed by atoms with Crippen molar-refractivity contribution in [1.29, 1.82) is 0 Å². The Bertz CT molecular complexity index is 587. The molecule has 4 heteroatoms. The van der Waals surface area contributed by atoms with Crippen LogP contribution in [-0.4, -0.2) is 13.7 Å². The van der Waals surface area contributed by atoms with Crippen LogP contribution in [0.25, 0.3) is 0 Å². The van der Waals surface area contributed by atoms with Gasteiger partial charge in [0.15, 0.2) is 11.5 Å². The molecule has 0 aromatic heterocycles. The smallest absolute Gasteiger partial charge is 0.166 e. The van der Waals surface area contributed by atoms with E-state index in [1.165, 1.54) is 0 Å². The molecule has 0 aliphatic carbocycles. The molecule has 0 spiro atoms. The monoisotopic (exact) mass is 305 g/mol. The molecule has 0 aliphatic heterocycles. The van der Waals surface area contributed by atoms with Gasteiger partial charge in [0.2, 0.25) is 0 Å². The van der Waals surface area contributed by atoms with Gasteiger partial charge in [0.05, 0.1) is 7.11 Å². The first-order valence-corrected chi connectivity index (χ1v) is 7.36. The molecule has 0 fully saturated rings. The van der Waals surface area contributed by atoms with Gasteiger partial charge in [0, 0.05) is 17.1 Å². The second-order valence-corrected chi connectivity index (χ2v) is 5.08. The van der Waals surface area contributed by atoms with Crippen LogP contribution in [0.3, 0.4) is 0 Å². The summed E-state index contributed by atoms with van der Waals surface area (Å²) in [5.74, 6) is 1.52. The predicted octanol–water partition coefficient (Wildman–Crippen LogP) is 4.04. The van der Waals surface area contributed by atoms with Gasteiger partial charge in [-0.15, -0.1) is 0 Å². The maximum atomic E-state index is 5.99. The van der Waals surface area contributed by atoms with E-state index < -0.39 is 0 Å². The number of methoxy groups -OCH3 is 1. The lowest BCUT2D eigenvalue weighted by atomic mass is 10.1. The van der Waals surface area contributed by atoms with E-state index in [-0.39, 0.29) is 0 Å². The molecule has 0 heterocycles. The number of rotatable bonds is 7. The molecular weight excluding hydrogens is 286 g/mol. The highest BCUT2D eigenvalue weighted by Gasteiger charge is 2.10. The summed E-state index contributed by atoms with van der Waals surface area (Å²) < 4.78 is 11.4. The van der Waals surface area contributed by atoms with Gasteiger partial charge in [-0.1, -0.05) is 42.8 Å². The highest BCUT2D eigenvalue weighted by molar-refractivity contribution is 6.30. The molecule has 21 heavy (non-hydrogen) atoms. The molecule has 0 aliphatic rings. The lowest BCUT2D eigenvalue weighted by molar-refractivity contribution is 0.280. The summed E-state index contributed by atoms with van der Waals surface area (Å²) in [7, 11) is 1.65. The summed E-state index contributed by atoms with van der Waals surface area (Å²) in [5, 5.41) is 4.02. The Morgan fingerprint density at radius 2 is 1.95 bits per heavy atom. The van der Waals surface area contributed by atoms with Crippen molar-refractivity contribution in [1.82, 2.24) is 5.32 Å². The Kier molecular flexibility index (Phi) is 5.90. The fraction of sp³-hybridized carbons (Fsp3) is 0.294. The summed E-state index contributed by atoms with van der Waals surface area (Å²) in [6.45, 7) is 4.19. The first kappa shape index (κ1) is 15.7. The molecule has 112 valence electrons. The lowest BCUT2D eigenvalue weighted by Crippen LogP contribution is -2.13. The van der Waals surface area contributed by atoms with Crippen LogP contribution in [-0.2, 0) is 13.2 Å². The van der Waals surface area contributed by atoms with Crippen molar-refractivity contribution in [3.63, 3.8) is 0 Å². The second-order valence-electron chi connectivity index (χ2n) is 4.65. The van der Waals surface area contributed by atoms with Crippen molar-refractivity contribution in [3.8, 4) is 11.5 Å². The zero-order chi connectivity index (χ0) is 15.1. The van der Waals surface area contributed by atoms with E-state index in [1.54, 1.807) is 7.11 Å². The third kappa shape index (κ3) is 4.38. The summed E-state index contributed by atoms with van der Waals surface area (Å²) in [5.41, 5.74) is 2.11. The number of nitrogens with one attached hydrogen (secondary N) is 1. The summed E-state index contributed by atoms with van der Waals surface area (Å²) in [4.78, 5) is 0. The van der Waals surface area contributed by atoms with Crippen LogP contribution >= 0.6 is 11.6 Å². The average Bonchev–Trinajstić information content (AvgIpc) is 2.51. The zero-order valence-electron chi connectivity index (χ0n) is 12.4. The molecule has 0 radical (unpaired) electrons. The van der Waals surface area contributed by atoms with Crippen LogP contribution in [0.2, 0.25) is 5.02 Å². The van der Waals surface area contributed by atoms with Gasteiger partial charge in [-0.05, 0) is 30.3 Å². The van der Waals surface area contributed by atoms with E-state index in [9.17, 15) is 0 Å². The highest BCUT2D eigenvalue weighted by atomic mass is 35.5. The fourth-order valence-corrected chi connectivity index (χ4v) is 2.28. The van der Waals surface area contributed by atoms with Gasteiger partial charge in [-0.2, -0.15) is 0 Å². The maximum Gasteiger partial charge on any atom is 0.166 e. The molecule has 2 aromatic carbocycles. The Hall–Kier alpha value is -1.71. The van der Waals surface area contributed by atoms with Gasteiger partial charge in [0.1, 0.15) is 6.61 Å². The van der Waals surface area contributed by atoms with Crippen LogP contribution < -0.4 is 14.8 Å². The van der Waals surface area contributed by atoms with Crippen molar-refractivity contribution in [2.75, 3.05) is 13.7 Å². The van der Waals surface area contributed by atoms with Crippen molar-refractivity contribution in [3.05, 3.63) is 58.6 Å². The fourth-order valence-electron chi connectivity index (χ4n) is 2.07. The van der Waals surface area contributed by atoms with Crippen molar-refractivity contribution in [2.45, 2.75) is 20.1 Å². The Morgan fingerprint density at radius 1 is 1.14 bits per heavy atom. The van der Waals surface area contributed by atoms with Crippen LogP contribution in [0.15, 0.2) is 42.5 Å². The van der Waals surface area contributed by atoms with E-state index in [2.05, 4.69) is 12.2 Å². The molecule has 2 rings (SSSR count). The number of hydrogen-bond donors (Lipinski definition) is 1. The molecule has 0 bridgehead atoms. The molecule has 0 atom stereocenters. The van der Waals surface area contributed by atoms with Crippen molar-refractivity contribution in [2.24, 2.45) is 0 Å². The van der Waals surface area contributed by atoms with Crippen LogP contribution in [0, 0.1) is 0 Å². The van der Waals surface area contributed by atoms with Crippen molar-refractivity contribution < 1.29 is 9.47 Å². The van der Waals surface area contributed by atoms with E-state index in [0.717, 1.165) is 35.7 Å². The van der Waals surface area contributed by atoms with E-state index in [0.29, 0.717) is 11.6 Å². The molecule has 0 amide bonds. The Labute approximate surface area is 130 Å². The molecule has 0 saturated heterocycles. The van der Waals surface area contributed by atoms with Crippen LogP contribution in [0.1, 0.15) is 18.1 Å². The van der Waals surface area contributed by atoms with E-state index in [4.69, 9.17) is 21.1 Å². The summed E-state index contributed by atoms with van der Waals surface area (Å²) >= 11 is 5.99. The number of benzene rings is 2. The summed E-state index contributed by atoms with van der Waals surface area (Å²) in [6, 6.07) is 13.6.